The lowest BCUT2D eigenvalue weighted by atomic mass is 9.90. The lowest BCUT2D eigenvalue weighted by Gasteiger charge is -2.14. The van der Waals surface area contributed by atoms with E-state index in [9.17, 15) is 19.5 Å². The summed E-state index contributed by atoms with van der Waals surface area (Å²) in [4.78, 5) is 33.6. The molecule has 2 N–H and O–H groups in total. The van der Waals surface area contributed by atoms with Crippen molar-refractivity contribution in [3.8, 4) is 0 Å². The maximum absolute atomic E-state index is 11.7. The van der Waals surface area contributed by atoms with Gasteiger partial charge >= 0.3 is 11.9 Å². The number of carbonyl (C=O) groups excluding carboxylic acids is 2. The van der Waals surface area contributed by atoms with Gasteiger partial charge in [-0.3, -0.25) is 4.79 Å². The average molecular weight is 340 g/mol. The van der Waals surface area contributed by atoms with Crippen LogP contribution < -0.4 is 0 Å². The van der Waals surface area contributed by atoms with Crippen molar-refractivity contribution >= 4 is 17.9 Å². The number of aliphatic carboxylic acids is 1. The molecule has 0 radical (unpaired) electrons. The van der Waals surface area contributed by atoms with Gasteiger partial charge < -0.3 is 14.9 Å². The van der Waals surface area contributed by atoms with Crippen LogP contribution in [-0.2, 0) is 19.1 Å². The summed E-state index contributed by atoms with van der Waals surface area (Å²) in [6, 6.07) is 0. The van der Waals surface area contributed by atoms with Crippen molar-refractivity contribution in [2.24, 2.45) is 5.92 Å². The zero-order chi connectivity index (χ0) is 17.9. The molecule has 1 aliphatic heterocycles. The van der Waals surface area contributed by atoms with Gasteiger partial charge in [-0.25, -0.2) is 9.59 Å². The maximum atomic E-state index is 11.7. The summed E-state index contributed by atoms with van der Waals surface area (Å²) in [6.45, 7) is 2.19. The molecule has 136 valence electrons. The number of carboxylic acid groups (broad SMARTS) is 1. The first-order chi connectivity index (χ1) is 11.5. The Balaban J connectivity index is 2.27. The minimum absolute atomic E-state index is 0.309. The van der Waals surface area contributed by atoms with E-state index in [4.69, 9.17) is 5.11 Å². The standard InChI is InChI=1S/C18H28O6/c1-2-3-4-5-6-7-8-9-10-11-14(20)15-13(12-19)16(17(21)22)24-18(15)23/h14-16,20H,2-11H2,1H3,(H,21,22). The fraction of sp³-hybridized carbons (Fsp3) is 0.778. The second-order valence-electron chi connectivity index (χ2n) is 6.37. The number of unbranched alkanes of at least 4 members (excludes halogenated alkanes) is 8. The second-order valence-corrected chi connectivity index (χ2v) is 6.37. The molecule has 3 atom stereocenters. The van der Waals surface area contributed by atoms with Crippen molar-refractivity contribution in [3.63, 3.8) is 0 Å². The number of aliphatic hydroxyl groups excluding tert-OH is 1. The lowest BCUT2D eigenvalue weighted by Crippen LogP contribution is -2.27. The number of esters is 1. The summed E-state index contributed by atoms with van der Waals surface area (Å²) >= 11 is 0. The van der Waals surface area contributed by atoms with Crippen LogP contribution in [0.3, 0.4) is 0 Å². The molecule has 0 aromatic heterocycles. The molecule has 0 saturated carbocycles. The number of carboxylic acids is 1. The molecule has 0 amide bonds. The van der Waals surface area contributed by atoms with Crippen LogP contribution >= 0.6 is 0 Å². The Morgan fingerprint density at radius 1 is 1.12 bits per heavy atom. The van der Waals surface area contributed by atoms with E-state index >= 15 is 0 Å². The average Bonchev–Trinajstić information content (AvgIpc) is 2.90. The number of rotatable bonds is 12. The zero-order valence-electron chi connectivity index (χ0n) is 14.3. The van der Waals surface area contributed by atoms with Crippen molar-refractivity contribution in [1.29, 1.82) is 0 Å². The van der Waals surface area contributed by atoms with Gasteiger partial charge in [-0.1, -0.05) is 64.7 Å². The topological polar surface area (TPSA) is 101 Å². The van der Waals surface area contributed by atoms with Gasteiger partial charge in [0.05, 0.1) is 11.7 Å². The van der Waals surface area contributed by atoms with E-state index in [0.29, 0.717) is 6.42 Å². The highest BCUT2D eigenvalue weighted by Crippen LogP contribution is 2.30. The van der Waals surface area contributed by atoms with Crippen LogP contribution in [0.2, 0.25) is 0 Å². The first-order valence-corrected chi connectivity index (χ1v) is 8.89. The number of carbonyl (C=O) groups is 2. The van der Waals surface area contributed by atoms with Gasteiger partial charge in [0.2, 0.25) is 6.10 Å². The first kappa shape index (κ1) is 20.4. The molecule has 0 aromatic carbocycles. The number of cyclic esters (lactones) is 1. The molecule has 6 heteroatoms. The fourth-order valence-electron chi connectivity index (χ4n) is 3.04. The SMILES string of the molecule is CCCCCCCCCCCC(O)C1C(=O)OC(C(=O)O)C1=C=O. The van der Waals surface area contributed by atoms with Crippen LogP contribution in [-0.4, -0.2) is 40.3 Å². The molecule has 0 spiro atoms. The number of aliphatic hydroxyl groups is 1. The Morgan fingerprint density at radius 3 is 2.17 bits per heavy atom. The Kier molecular flexibility index (Phi) is 9.35. The van der Waals surface area contributed by atoms with Gasteiger partial charge in [-0.2, -0.15) is 0 Å². The van der Waals surface area contributed by atoms with Gasteiger partial charge in [0.15, 0.2) is 0 Å². The van der Waals surface area contributed by atoms with Crippen molar-refractivity contribution in [3.05, 3.63) is 5.57 Å². The predicted molar refractivity (Wildman–Crippen MR) is 88.1 cm³/mol. The van der Waals surface area contributed by atoms with Gasteiger partial charge in [0, 0.05) is 0 Å². The molecule has 6 nitrogen and oxygen atoms in total. The molecular formula is C18H28O6. The van der Waals surface area contributed by atoms with Crippen LogP contribution in [0, 0.1) is 5.92 Å². The van der Waals surface area contributed by atoms with E-state index in [1.165, 1.54) is 38.0 Å². The normalized spacial score (nSPS) is 21.4. The summed E-state index contributed by atoms with van der Waals surface area (Å²) in [5.74, 6) is -2.00. The molecule has 1 rings (SSSR count). The van der Waals surface area contributed by atoms with E-state index in [1.54, 1.807) is 0 Å². The maximum Gasteiger partial charge on any atom is 0.350 e. The third kappa shape index (κ3) is 6.10. The predicted octanol–water partition coefficient (Wildman–Crippen LogP) is 2.65. The second kappa shape index (κ2) is 11.0. The Morgan fingerprint density at radius 2 is 1.67 bits per heavy atom. The smallest absolute Gasteiger partial charge is 0.350 e. The minimum Gasteiger partial charge on any atom is -0.478 e. The third-order valence-corrected chi connectivity index (χ3v) is 4.44. The highest BCUT2D eigenvalue weighted by molar-refractivity contribution is 5.93. The number of ether oxygens (including phenoxy) is 1. The molecule has 3 unspecified atom stereocenters. The van der Waals surface area contributed by atoms with E-state index in [-0.39, 0.29) is 5.57 Å². The summed E-state index contributed by atoms with van der Waals surface area (Å²) in [5, 5.41) is 19.1. The highest BCUT2D eigenvalue weighted by atomic mass is 16.6. The van der Waals surface area contributed by atoms with Crippen LogP contribution in [0.5, 0.6) is 0 Å². The van der Waals surface area contributed by atoms with E-state index in [1.807, 2.05) is 0 Å². The fourth-order valence-corrected chi connectivity index (χ4v) is 3.04. The Hall–Kier alpha value is -1.65. The Labute approximate surface area is 142 Å². The van der Waals surface area contributed by atoms with Gasteiger partial charge in [0.25, 0.3) is 0 Å². The summed E-state index contributed by atoms with van der Waals surface area (Å²) < 4.78 is 4.65. The molecular weight excluding hydrogens is 312 g/mol. The molecule has 1 fully saturated rings. The lowest BCUT2D eigenvalue weighted by molar-refractivity contribution is -0.158. The van der Waals surface area contributed by atoms with Crippen molar-refractivity contribution in [2.45, 2.75) is 83.3 Å². The van der Waals surface area contributed by atoms with Crippen LogP contribution in [0.15, 0.2) is 5.57 Å². The Bertz CT molecular complexity index is 466. The van der Waals surface area contributed by atoms with Crippen molar-refractivity contribution in [1.82, 2.24) is 0 Å². The van der Waals surface area contributed by atoms with E-state index in [0.717, 1.165) is 25.7 Å². The number of hydrogen-bond donors (Lipinski definition) is 2. The molecule has 24 heavy (non-hydrogen) atoms. The van der Waals surface area contributed by atoms with E-state index in [2.05, 4.69) is 11.7 Å². The van der Waals surface area contributed by atoms with Crippen molar-refractivity contribution < 1.29 is 29.3 Å². The minimum atomic E-state index is -1.61. The summed E-state index contributed by atoms with van der Waals surface area (Å²) in [5.41, 5.74) is -0.309. The van der Waals surface area contributed by atoms with Crippen molar-refractivity contribution in [2.75, 3.05) is 0 Å². The summed E-state index contributed by atoms with van der Waals surface area (Å²) in [6.07, 6.45) is 7.81. The highest BCUT2D eigenvalue weighted by Gasteiger charge is 2.48. The molecule has 0 aliphatic carbocycles. The number of hydrogen-bond acceptors (Lipinski definition) is 5. The van der Waals surface area contributed by atoms with Gasteiger partial charge in [-0.05, 0) is 6.42 Å². The zero-order valence-corrected chi connectivity index (χ0v) is 14.3. The molecule has 1 heterocycles. The largest absolute Gasteiger partial charge is 0.478 e. The van der Waals surface area contributed by atoms with Gasteiger partial charge in [-0.15, -0.1) is 0 Å². The molecule has 1 saturated heterocycles. The monoisotopic (exact) mass is 340 g/mol. The van der Waals surface area contributed by atoms with Gasteiger partial charge in [0.1, 0.15) is 11.9 Å². The van der Waals surface area contributed by atoms with Crippen LogP contribution in [0.25, 0.3) is 0 Å². The van der Waals surface area contributed by atoms with Crippen LogP contribution in [0.1, 0.15) is 71.1 Å². The molecule has 0 bridgehead atoms. The summed E-state index contributed by atoms with van der Waals surface area (Å²) in [7, 11) is 0. The first-order valence-electron chi connectivity index (χ1n) is 8.89. The molecule has 0 aromatic rings. The van der Waals surface area contributed by atoms with E-state index < -0.39 is 30.1 Å². The molecule has 1 aliphatic rings. The van der Waals surface area contributed by atoms with Crippen LogP contribution in [0.4, 0.5) is 0 Å². The third-order valence-electron chi connectivity index (χ3n) is 4.44. The quantitative estimate of drug-likeness (QED) is 0.322.